The van der Waals surface area contributed by atoms with E-state index in [9.17, 15) is 18.0 Å². The number of nitrogens with zero attached hydrogens (tertiary/aromatic N) is 2. The maximum atomic E-state index is 13.2. The van der Waals surface area contributed by atoms with Crippen LogP contribution in [0.2, 0.25) is 0 Å². The molecule has 26 heavy (non-hydrogen) atoms. The smallest absolute Gasteiger partial charge is 0.335 e. The van der Waals surface area contributed by atoms with E-state index in [1.165, 1.54) is 29.4 Å². The number of thiazole rings is 1. The van der Waals surface area contributed by atoms with E-state index in [-0.39, 0.29) is 20.8 Å². The van der Waals surface area contributed by atoms with E-state index in [1.807, 2.05) is 0 Å². The van der Waals surface area contributed by atoms with Crippen molar-refractivity contribution in [2.45, 2.75) is 30.9 Å². The molecule has 2 heterocycles. The lowest BCUT2D eigenvalue weighted by molar-refractivity contribution is -0.114. The predicted octanol–water partition coefficient (Wildman–Crippen LogP) is 2.25. The Morgan fingerprint density at radius 2 is 2.08 bits per heavy atom. The minimum Gasteiger partial charge on any atom is -0.478 e. The largest absolute Gasteiger partial charge is 0.478 e. The van der Waals surface area contributed by atoms with Gasteiger partial charge in [0.25, 0.3) is 10.0 Å². The molecule has 0 fully saturated rings. The second-order valence-electron chi connectivity index (χ2n) is 5.90. The molecule has 0 atom stereocenters. The number of nitrogens with one attached hydrogen (secondary N) is 1. The van der Waals surface area contributed by atoms with Gasteiger partial charge in [0.15, 0.2) is 9.34 Å². The van der Waals surface area contributed by atoms with E-state index in [4.69, 9.17) is 5.11 Å². The second kappa shape index (κ2) is 6.69. The molecule has 2 N–H and O–H groups in total. The lowest BCUT2D eigenvalue weighted by Gasteiger charge is -2.30. The SMILES string of the molecule is CC(=O)Nc1nc(C)c(S(=O)(=O)N2CCCc3cc(C(=O)O)ccc32)s1. The molecule has 2 aromatic rings. The van der Waals surface area contributed by atoms with E-state index < -0.39 is 16.0 Å². The van der Waals surface area contributed by atoms with Gasteiger partial charge in [-0.15, -0.1) is 0 Å². The first-order valence-corrected chi connectivity index (χ1v) is 10.1. The third-order valence-corrected chi connectivity index (χ3v) is 7.44. The van der Waals surface area contributed by atoms with E-state index in [2.05, 4.69) is 10.3 Å². The summed E-state index contributed by atoms with van der Waals surface area (Å²) in [6.07, 6.45) is 1.20. The molecular formula is C16H17N3O5S2. The van der Waals surface area contributed by atoms with Crippen molar-refractivity contribution in [2.24, 2.45) is 0 Å². The maximum Gasteiger partial charge on any atom is 0.335 e. The number of hydrogen-bond donors (Lipinski definition) is 2. The van der Waals surface area contributed by atoms with Crippen LogP contribution in [0, 0.1) is 6.92 Å². The molecule has 1 amide bonds. The second-order valence-corrected chi connectivity index (χ2v) is 8.96. The van der Waals surface area contributed by atoms with Crippen LogP contribution in [0.1, 0.15) is 35.0 Å². The topological polar surface area (TPSA) is 117 Å². The fraction of sp³-hybridized carbons (Fsp3) is 0.312. The van der Waals surface area contributed by atoms with Crippen LogP contribution >= 0.6 is 11.3 Å². The van der Waals surface area contributed by atoms with Crippen molar-refractivity contribution in [3.63, 3.8) is 0 Å². The number of benzene rings is 1. The van der Waals surface area contributed by atoms with Crippen LogP contribution in [-0.2, 0) is 21.2 Å². The normalized spacial score (nSPS) is 14.0. The summed E-state index contributed by atoms with van der Waals surface area (Å²) in [4.78, 5) is 26.4. The fourth-order valence-electron chi connectivity index (χ4n) is 2.87. The number of rotatable bonds is 4. The summed E-state index contributed by atoms with van der Waals surface area (Å²) in [5, 5.41) is 11.9. The first kappa shape index (κ1) is 18.3. The summed E-state index contributed by atoms with van der Waals surface area (Å²) in [6.45, 7) is 3.20. The van der Waals surface area contributed by atoms with Gasteiger partial charge in [0.2, 0.25) is 5.91 Å². The number of fused-ring (bicyclic) bond motifs is 1. The summed E-state index contributed by atoms with van der Waals surface area (Å²) >= 11 is 0.904. The number of aromatic nitrogens is 1. The molecule has 1 aliphatic rings. The van der Waals surface area contributed by atoms with Gasteiger partial charge in [0, 0.05) is 13.5 Å². The van der Waals surface area contributed by atoms with E-state index >= 15 is 0 Å². The number of aryl methyl sites for hydroxylation is 2. The van der Waals surface area contributed by atoms with Crippen LogP contribution in [-0.4, -0.2) is 36.9 Å². The molecule has 3 rings (SSSR count). The Hall–Kier alpha value is -2.46. The zero-order valence-electron chi connectivity index (χ0n) is 14.1. The van der Waals surface area contributed by atoms with Gasteiger partial charge in [-0.25, -0.2) is 18.2 Å². The number of carbonyl (C=O) groups excluding carboxylic acids is 1. The molecule has 1 aliphatic heterocycles. The number of aromatic carboxylic acids is 1. The van der Waals surface area contributed by atoms with E-state index in [1.54, 1.807) is 6.92 Å². The highest BCUT2D eigenvalue weighted by atomic mass is 32.2. The molecule has 0 radical (unpaired) electrons. The summed E-state index contributed by atoms with van der Waals surface area (Å²) < 4.78 is 27.7. The molecule has 0 aliphatic carbocycles. The van der Waals surface area contributed by atoms with Crippen LogP contribution in [0.4, 0.5) is 10.8 Å². The average molecular weight is 395 g/mol. The number of hydrogen-bond acceptors (Lipinski definition) is 6. The molecule has 138 valence electrons. The molecule has 1 aromatic carbocycles. The Labute approximate surface area is 154 Å². The minimum atomic E-state index is -3.86. The maximum absolute atomic E-state index is 13.2. The van der Waals surface area contributed by atoms with Crippen LogP contribution in [0.15, 0.2) is 22.4 Å². The highest BCUT2D eigenvalue weighted by molar-refractivity contribution is 7.94. The van der Waals surface area contributed by atoms with Gasteiger partial charge < -0.3 is 10.4 Å². The van der Waals surface area contributed by atoms with Crippen molar-refractivity contribution in [2.75, 3.05) is 16.2 Å². The summed E-state index contributed by atoms with van der Waals surface area (Å²) in [7, 11) is -3.86. The summed E-state index contributed by atoms with van der Waals surface area (Å²) in [6, 6.07) is 4.44. The molecule has 1 aromatic heterocycles. The van der Waals surface area contributed by atoms with Gasteiger partial charge in [-0.2, -0.15) is 0 Å². The zero-order chi connectivity index (χ0) is 19.1. The number of carbonyl (C=O) groups is 2. The number of anilines is 2. The average Bonchev–Trinajstić information content (AvgIpc) is 2.93. The first-order valence-electron chi connectivity index (χ1n) is 7.84. The van der Waals surface area contributed by atoms with Crippen molar-refractivity contribution in [3.8, 4) is 0 Å². The third-order valence-electron chi connectivity index (χ3n) is 3.96. The van der Waals surface area contributed by atoms with Crippen molar-refractivity contribution < 1.29 is 23.1 Å². The lowest BCUT2D eigenvalue weighted by Crippen LogP contribution is -2.35. The van der Waals surface area contributed by atoms with Crippen molar-refractivity contribution in [3.05, 3.63) is 35.0 Å². The molecule has 0 spiro atoms. The van der Waals surface area contributed by atoms with Gasteiger partial charge in [0.05, 0.1) is 16.9 Å². The minimum absolute atomic E-state index is 0.0661. The van der Waals surface area contributed by atoms with Crippen LogP contribution in [0.25, 0.3) is 0 Å². The highest BCUT2D eigenvalue weighted by Crippen LogP contribution is 2.36. The first-order chi connectivity index (χ1) is 12.2. The molecule has 0 unspecified atom stereocenters. The number of carboxylic acids is 1. The van der Waals surface area contributed by atoms with Gasteiger partial charge in [-0.3, -0.25) is 9.10 Å². The quantitative estimate of drug-likeness (QED) is 0.820. The Bertz CT molecular complexity index is 997. The van der Waals surface area contributed by atoms with Crippen molar-refractivity contribution >= 4 is 44.1 Å². The molecular weight excluding hydrogens is 378 g/mol. The van der Waals surface area contributed by atoms with Crippen LogP contribution in [0.5, 0.6) is 0 Å². The van der Waals surface area contributed by atoms with Crippen LogP contribution < -0.4 is 9.62 Å². The monoisotopic (exact) mass is 395 g/mol. The molecule has 10 heteroatoms. The number of amides is 1. The molecule has 0 bridgehead atoms. The van der Waals surface area contributed by atoms with Gasteiger partial charge in [-0.1, -0.05) is 11.3 Å². The molecule has 8 nitrogen and oxygen atoms in total. The lowest BCUT2D eigenvalue weighted by atomic mass is 10.0. The van der Waals surface area contributed by atoms with Crippen molar-refractivity contribution in [1.29, 1.82) is 0 Å². The van der Waals surface area contributed by atoms with E-state index in [0.717, 1.165) is 11.3 Å². The Kier molecular flexibility index (Phi) is 4.72. The van der Waals surface area contributed by atoms with E-state index in [0.29, 0.717) is 36.3 Å². The van der Waals surface area contributed by atoms with Crippen molar-refractivity contribution in [1.82, 2.24) is 4.98 Å². The standard InChI is InChI=1S/C16H17N3O5S2/c1-9-15(25-16(17-9)18-10(2)20)26(23,24)19-7-3-4-11-8-12(14(21)22)5-6-13(11)19/h5-6,8H,3-4,7H2,1-2H3,(H,21,22)(H,17,18,20). The Morgan fingerprint density at radius 3 is 2.73 bits per heavy atom. The van der Waals surface area contributed by atoms with Crippen LogP contribution in [0.3, 0.4) is 0 Å². The Morgan fingerprint density at radius 1 is 1.35 bits per heavy atom. The fourth-order valence-corrected chi connectivity index (χ4v) is 5.97. The number of sulfonamides is 1. The Balaban J connectivity index is 2.03. The summed E-state index contributed by atoms with van der Waals surface area (Å²) in [5.41, 5.74) is 1.61. The van der Waals surface area contributed by atoms with Gasteiger partial charge in [-0.05, 0) is 43.5 Å². The molecule has 0 saturated carbocycles. The summed E-state index contributed by atoms with van der Waals surface area (Å²) in [5.74, 6) is -1.38. The van der Waals surface area contributed by atoms with Gasteiger partial charge in [0.1, 0.15) is 0 Å². The van der Waals surface area contributed by atoms with Gasteiger partial charge >= 0.3 is 5.97 Å². The predicted molar refractivity (Wildman–Crippen MR) is 97.4 cm³/mol. The number of carboxylic acid groups (broad SMARTS) is 1. The molecule has 0 saturated heterocycles. The third kappa shape index (κ3) is 3.29. The zero-order valence-corrected chi connectivity index (χ0v) is 15.8. The highest BCUT2D eigenvalue weighted by Gasteiger charge is 2.33.